The Bertz CT molecular complexity index is 462. The molecule has 1 amide bonds. The lowest BCUT2D eigenvalue weighted by atomic mass is 9.98. The Hall–Kier alpha value is -0.980. The summed E-state index contributed by atoms with van der Waals surface area (Å²) in [7, 11) is 1.53. The lowest BCUT2D eigenvalue weighted by Crippen LogP contribution is -2.50. The molecule has 0 saturated heterocycles. The van der Waals surface area contributed by atoms with Crippen LogP contribution in [0, 0.1) is 5.82 Å². The Balaban J connectivity index is 2.72. The number of ether oxygens (including phenoxy) is 1. The third-order valence-corrected chi connectivity index (χ3v) is 3.70. The average molecular weight is 348 g/mol. The first-order valence-electron chi connectivity index (χ1n) is 6.25. The van der Waals surface area contributed by atoms with E-state index in [1.165, 1.54) is 19.2 Å². The van der Waals surface area contributed by atoms with Gasteiger partial charge in [-0.05, 0) is 37.1 Å². The number of hydrogen-bond acceptors (Lipinski definition) is 3. The number of hydrogen-bond donors (Lipinski definition) is 2. The highest BCUT2D eigenvalue weighted by molar-refractivity contribution is 9.10. The number of carbonyl (C=O) groups is 1. The standard InChI is InChI=1S/C14H19BrFNO3/c1-14(5-6-18,9-20-2)17-13(19)8-10-7-11(16)3-4-12(10)15/h3-4,7,18H,5-6,8-9H2,1-2H3,(H,17,19). The van der Waals surface area contributed by atoms with E-state index >= 15 is 0 Å². The molecule has 0 aliphatic rings. The number of aliphatic hydroxyl groups is 1. The third kappa shape index (κ3) is 5.19. The molecule has 0 bridgehead atoms. The fourth-order valence-corrected chi connectivity index (χ4v) is 2.36. The van der Waals surface area contributed by atoms with Gasteiger partial charge in [0.25, 0.3) is 0 Å². The smallest absolute Gasteiger partial charge is 0.224 e. The fourth-order valence-electron chi connectivity index (χ4n) is 1.97. The summed E-state index contributed by atoms with van der Waals surface area (Å²) >= 11 is 3.29. The maximum absolute atomic E-state index is 13.2. The molecule has 0 aliphatic carbocycles. The van der Waals surface area contributed by atoms with Gasteiger partial charge >= 0.3 is 0 Å². The number of halogens is 2. The molecule has 4 nitrogen and oxygen atoms in total. The van der Waals surface area contributed by atoms with Crippen molar-refractivity contribution in [3.8, 4) is 0 Å². The van der Waals surface area contributed by atoms with Crippen molar-refractivity contribution >= 4 is 21.8 Å². The van der Waals surface area contributed by atoms with Gasteiger partial charge in [-0.3, -0.25) is 4.79 Å². The van der Waals surface area contributed by atoms with E-state index in [0.717, 1.165) is 0 Å². The molecule has 20 heavy (non-hydrogen) atoms. The first-order chi connectivity index (χ1) is 9.40. The third-order valence-electron chi connectivity index (χ3n) is 2.93. The molecule has 1 aromatic carbocycles. The van der Waals surface area contributed by atoms with Gasteiger partial charge in [0, 0.05) is 18.2 Å². The molecule has 1 aromatic rings. The van der Waals surface area contributed by atoms with Crippen LogP contribution in [0.3, 0.4) is 0 Å². The Kier molecular flexibility index (Phi) is 6.58. The van der Waals surface area contributed by atoms with Crippen molar-refractivity contribution in [2.75, 3.05) is 20.3 Å². The van der Waals surface area contributed by atoms with Crippen LogP contribution in [0.25, 0.3) is 0 Å². The summed E-state index contributed by atoms with van der Waals surface area (Å²) in [6, 6.07) is 4.22. The number of rotatable bonds is 7. The number of methoxy groups -OCH3 is 1. The second-order valence-electron chi connectivity index (χ2n) is 4.93. The van der Waals surface area contributed by atoms with Crippen molar-refractivity contribution in [1.29, 1.82) is 0 Å². The lowest BCUT2D eigenvalue weighted by Gasteiger charge is -2.29. The fraction of sp³-hybridized carbons (Fsp3) is 0.500. The van der Waals surface area contributed by atoms with Gasteiger partial charge < -0.3 is 15.2 Å². The van der Waals surface area contributed by atoms with Crippen LogP contribution < -0.4 is 5.32 Å². The van der Waals surface area contributed by atoms with E-state index in [9.17, 15) is 9.18 Å². The Labute approximate surface area is 126 Å². The number of amides is 1. The largest absolute Gasteiger partial charge is 0.396 e. The highest BCUT2D eigenvalue weighted by Crippen LogP contribution is 2.19. The van der Waals surface area contributed by atoms with Gasteiger partial charge in [0.15, 0.2) is 0 Å². The number of aliphatic hydroxyl groups excluding tert-OH is 1. The van der Waals surface area contributed by atoms with E-state index < -0.39 is 5.54 Å². The maximum Gasteiger partial charge on any atom is 0.224 e. The van der Waals surface area contributed by atoms with Crippen LogP contribution in [0.4, 0.5) is 4.39 Å². The van der Waals surface area contributed by atoms with Gasteiger partial charge in [0.2, 0.25) is 5.91 Å². The van der Waals surface area contributed by atoms with E-state index in [2.05, 4.69) is 21.2 Å². The van der Waals surface area contributed by atoms with Crippen LogP contribution in [0.1, 0.15) is 18.9 Å². The first-order valence-corrected chi connectivity index (χ1v) is 7.04. The Morgan fingerprint density at radius 2 is 2.25 bits per heavy atom. The molecule has 6 heteroatoms. The van der Waals surface area contributed by atoms with Crippen LogP contribution in [0.15, 0.2) is 22.7 Å². The molecule has 0 heterocycles. The average Bonchev–Trinajstić information content (AvgIpc) is 2.34. The summed E-state index contributed by atoms with van der Waals surface area (Å²) in [5.74, 6) is -0.629. The number of carbonyl (C=O) groups excluding carboxylic acids is 1. The predicted molar refractivity (Wildman–Crippen MR) is 77.9 cm³/mol. The molecule has 0 aliphatic heterocycles. The van der Waals surface area contributed by atoms with Crippen LogP contribution in [0.2, 0.25) is 0 Å². The molecule has 2 N–H and O–H groups in total. The van der Waals surface area contributed by atoms with Gasteiger partial charge in [-0.25, -0.2) is 4.39 Å². The van der Waals surface area contributed by atoms with Crippen molar-refractivity contribution in [3.63, 3.8) is 0 Å². The Morgan fingerprint density at radius 1 is 1.55 bits per heavy atom. The summed E-state index contributed by atoms with van der Waals surface area (Å²) in [6.07, 6.45) is 0.444. The molecule has 1 atom stereocenters. The quantitative estimate of drug-likeness (QED) is 0.793. The summed E-state index contributed by atoms with van der Waals surface area (Å²) in [6.45, 7) is 2.04. The highest BCUT2D eigenvalue weighted by Gasteiger charge is 2.26. The van der Waals surface area contributed by atoms with Crippen molar-refractivity contribution in [1.82, 2.24) is 5.32 Å². The van der Waals surface area contributed by atoms with Crippen molar-refractivity contribution < 1.29 is 19.0 Å². The minimum atomic E-state index is -0.639. The summed E-state index contributed by atoms with van der Waals surface area (Å²) in [5, 5.41) is 11.9. The molecular formula is C14H19BrFNO3. The summed E-state index contributed by atoms with van der Waals surface area (Å²) in [4.78, 5) is 12.0. The van der Waals surface area contributed by atoms with Crippen molar-refractivity contribution in [2.24, 2.45) is 0 Å². The van der Waals surface area contributed by atoms with Gasteiger partial charge in [-0.2, -0.15) is 0 Å². The Morgan fingerprint density at radius 3 is 2.85 bits per heavy atom. The van der Waals surface area contributed by atoms with Gasteiger partial charge in [-0.1, -0.05) is 15.9 Å². The van der Waals surface area contributed by atoms with Crippen LogP contribution in [0.5, 0.6) is 0 Å². The molecule has 1 rings (SSSR count). The van der Waals surface area contributed by atoms with Crippen molar-refractivity contribution in [2.45, 2.75) is 25.3 Å². The molecule has 0 radical (unpaired) electrons. The van der Waals surface area contributed by atoms with Crippen LogP contribution in [-0.2, 0) is 16.0 Å². The summed E-state index contributed by atoms with van der Waals surface area (Å²) in [5.41, 5.74) is -0.0633. The van der Waals surface area contributed by atoms with Gasteiger partial charge in [0.05, 0.1) is 18.6 Å². The molecule has 112 valence electrons. The lowest BCUT2D eigenvalue weighted by molar-refractivity contribution is -0.123. The van der Waals surface area contributed by atoms with Crippen molar-refractivity contribution in [3.05, 3.63) is 34.1 Å². The van der Waals surface area contributed by atoms with Gasteiger partial charge in [-0.15, -0.1) is 0 Å². The van der Waals surface area contributed by atoms with E-state index in [1.54, 1.807) is 13.0 Å². The zero-order chi connectivity index (χ0) is 15.2. The van der Waals surface area contributed by atoms with E-state index in [1.807, 2.05) is 0 Å². The molecule has 1 unspecified atom stereocenters. The second kappa shape index (κ2) is 7.71. The topological polar surface area (TPSA) is 58.6 Å². The van der Waals surface area contributed by atoms with Crippen LogP contribution >= 0.6 is 15.9 Å². The number of benzene rings is 1. The minimum Gasteiger partial charge on any atom is -0.396 e. The normalized spacial score (nSPS) is 13.8. The molecule has 0 spiro atoms. The minimum absolute atomic E-state index is 0.0518. The number of nitrogens with one attached hydrogen (secondary N) is 1. The maximum atomic E-state index is 13.2. The monoisotopic (exact) mass is 347 g/mol. The van der Waals surface area contributed by atoms with E-state index in [4.69, 9.17) is 9.84 Å². The molecule has 0 fully saturated rings. The second-order valence-corrected chi connectivity index (χ2v) is 5.78. The highest BCUT2D eigenvalue weighted by atomic mass is 79.9. The molecule has 0 aromatic heterocycles. The zero-order valence-corrected chi connectivity index (χ0v) is 13.2. The predicted octanol–water partition coefficient (Wildman–Crippen LogP) is 2.03. The first kappa shape index (κ1) is 17.1. The van der Waals surface area contributed by atoms with E-state index in [-0.39, 0.29) is 24.8 Å². The SMILES string of the molecule is COCC(C)(CCO)NC(=O)Cc1cc(F)ccc1Br. The van der Waals surface area contributed by atoms with Crippen LogP contribution in [-0.4, -0.2) is 36.9 Å². The zero-order valence-electron chi connectivity index (χ0n) is 11.6. The van der Waals surface area contributed by atoms with E-state index in [0.29, 0.717) is 23.1 Å². The summed E-state index contributed by atoms with van der Waals surface area (Å²) < 4.78 is 18.9. The molecule has 0 saturated carbocycles. The van der Waals surface area contributed by atoms with Gasteiger partial charge in [0.1, 0.15) is 5.82 Å². The molecular weight excluding hydrogens is 329 g/mol.